The highest BCUT2D eigenvalue weighted by molar-refractivity contribution is 8.18. The second-order valence-corrected chi connectivity index (χ2v) is 9.14. The monoisotopic (exact) mass is 524 g/mol. The van der Waals surface area contributed by atoms with Gasteiger partial charge in [-0.2, -0.15) is 0 Å². The lowest BCUT2D eigenvalue weighted by Crippen LogP contribution is -2.57. The van der Waals surface area contributed by atoms with Crippen molar-refractivity contribution >= 4 is 98.2 Å². The van der Waals surface area contributed by atoms with E-state index in [1.54, 1.807) is 42.5 Å². The van der Waals surface area contributed by atoms with Crippen LogP contribution in [-0.4, -0.2) is 28.0 Å². The molecule has 2 aliphatic heterocycles. The fourth-order valence-corrected chi connectivity index (χ4v) is 4.51. The molecule has 2 N–H and O–H groups in total. The van der Waals surface area contributed by atoms with Crippen LogP contribution in [-0.2, 0) is 14.4 Å². The molecule has 0 saturated carbocycles. The van der Waals surface area contributed by atoms with Crippen LogP contribution >= 0.6 is 58.8 Å². The van der Waals surface area contributed by atoms with Gasteiger partial charge in [-0.1, -0.05) is 40.9 Å². The van der Waals surface area contributed by atoms with Crippen LogP contribution in [0.2, 0.25) is 15.1 Å². The zero-order valence-corrected chi connectivity index (χ0v) is 19.7. The summed E-state index contributed by atoms with van der Waals surface area (Å²) >= 11 is 24.2. The highest BCUT2D eigenvalue weighted by Gasteiger charge is 2.39. The third kappa shape index (κ3) is 4.53. The Morgan fingerprint density at radius 1 is 1.03 bits per heavy atom. The molecule has 32 heavy (non-hydrogen) atoms. The molecular formula is C20H11Cl3N4O3S2. The molecule has 7 nitrogen and oxygen atoms in total. The van der Waals surface area contributed by atoms with Gasteiger partial charge in [-0.05, 0) is 66.5 Å². The minimum atomic E-state index is -1.26. The van der Waals surface area contributed by atoms with Crippen molar-refractivity contribution in [3.8, 4) is 0 Å². The smallest absolute Gasteiger partial charge is 0.263 e. The third-order valence-electron chi connectivity index (χ3n) is 4.41. The molecule has 0 aromatic heterocycles. The van der Waals surface area contributed by atoms with Crippen molar-refractivity contribution < 1.29 is 14.4 Å². The number of hydrogen-bond acceptors (Lipinski definition) is 6. The molecule has 2 aromatic carbocycles. The third-order valence-corrected chi connectivity index (χ3v) is 6.68. The molecule has 2 aromatic rings. The Balaban J connectivity index is 1.61. The highest BCUT2D eigenvalue weighted by Crippen LogP contribution is 2.35. The summed E-state index contributed by atoms with van der Waals surface area (Å²) in [5.74, 6) is -2.99. The predicted octanol–water partition coefficient (Wildman–Crippen LogP) is 4.45. The van der Waals surface area contributed by atoms with Crippen molar-refractivity contribution in [2.75, 3.05) is 4.90 Å². The molecule has 2 aliphatic rings. The zero-order chi connectivity index (χ0) is 23.0. The molecule has 1 atom stereocenters. The number of nitrogens with zero attached hydrogens (tertiary/aromatic N) is 2. The maximum absolute atomic E-state index is 13.1. The van der Waals surface area contributed by atoms with E-state index in [9.17, 15) is 14.4 Å². The summed E-state index contributed by atoms with van der Waals surface area (Å²) in [7, 11) is 0. The van der Waals surface area contributed by atoms with E-state index in [-0.39, 0.29) is 20.2 Å². The number of aliphatic imine (C=N–C) groups is 1. The topological polar surface area (TPSA) is 90.9 Å². The summed E-state index contributed by atoms with van der Waals surface area (Å²) in [5, 5.41) is 6.30. The average Bonchev–Trinajstić information content (AvgIpc) is 3.09. The summed E-state index contributed by atoms with van der Waals surface area (Å²) < 4.78 is 0. The van der Waals surface area contributed by atoms with Crippen LogP contribution in [0.1, 0.15) is 0 Å². The van der Waals surface area contributed by atoms with E-state index in [1.165, 1.54) is 11.0 Å². The lowest BCUT2D eigenvalue weighted by Gasteiger charge is -2.31. The van der Waals surface area contributed by atoms with Crippen LogP contribution < -0.4 is 15.5 Å². The molecule has 0 unspecified atom stereocenters. The van der Waals surface area contributed by atoms with Gasteiger partial charge in [0.15, 0.2) is 10.3 Å². The fraction of sp³-hybridized carbons (Fsp3) is 0.0500. The van der Waals surface area contributed by atoms with Gasteiger partial charge in [0.05, 0.1) is 26.3 Å². The Hall–Kier alpha value is -2.43. The minimum Gasteiger partial charge on any atom is -0.301 e. The lowest BCUT2D eigenvalue weighted by atomic mass is 10.0. The first-order valence-corrected chi connectivity index (χ1v) is 11.3. The van der Waals surface area contributed by atoms with Gasteiger partial charge in [-0.15, -0.1) is 0 Å². The summed E-state index contributed by atoms with van der Waals surface area (Å²) in [6.45, 7) is 0. The lowest BCUT2D eigenvalue weighted by molar-refractivity contribution is -0.131. The molecule has 12 heteroatoms. The Labute approximate surface area is 206 Å². The maximum Gasteiger partial charge on any atom is 0.263 e. The number of carbonyl (C=O) groups is 3. The molecule has 162 valence electrons. The Morgan fingerprint density at radius 3 is 2.47 bits per heavy atom. The SMILES string of the molecule is O=C1NC(=Nc2cccc(Cl)c2Cl)S/C1=C\[C@@H]1C(=O)NC(=S)N(c2ccc(Cl)cc2)C1=O. The number of thioether (sulfide) groups is 1. The van der Waals surface area contributed by atoms with Crippen molar-refractivity contribution in [3.05, 3.63) is 68.5 Å². The zero-order valence-electron chi connectivity index (χ0n) is 15.8. The number of carbonyl (C=O) groups excluding carboxylic acids is 3. The number of amidine groups is 1. The molecule has 2 saturated heterocycles. The van der Waals surface area contributed by atoms with E-state index in [2.05, 4.69) is 15.6 Å². The van der Waals surface area contributed by atoms with Crippen LogP contribution in [0.15, 0.2) is 58.4 Å². The van der Waals surface area contributed by atoms with Crippen molar-refractivity contribution in [2.24, 2.45) is 10.9 Å². The first-order valence-electron chi connectivity index (χ1n) is 8.92. The van der Waals surface area contributed by atoms with Crippen LogP contribution in [0.4, 0.5) is 11.4 Å². The minimum absolute atomic E-state index is 0.0571. The molecule has 3 amide bonds. The Bertz CT molecular complexity index is 1230. The number of anilines is 1. The predicted molar refractivity (Wildman–Crippen MR) is 131 cm³/mol. The molecule has 0 bridgehead atoms. The second kappa shape index (κ2) is 9.21. The van der Waals surface area contributed by atoms with Crippen LogP contribution in [0.25, 0.3) is 0 Å². The van der Waals surface area contributed by atoms with Gasteiger partial charge in [-0.3, -0.25) is 19.3 Å². The van der Waals surface area contributed by atoms with Crippen molar-refractivity contribution in [1.29, 1.82) is 0 Å². The molecule has 2 fully saturated rings. The van der Waals surface area contributed by atoms with Crippen molar-refractivity contribution in [3.63, 3.8) is 0 Å². The number of amides is 3. The summed E-state index contributed by atoms with van der Waals surface area (Å²) in [5.41, 5.74) is 0.808. The van der Waals surface area contributed by atoms with Crippen LogP contribution in [0, 0.1) is 5.92 Å². The van der Waals surface area contributed by atoms with E-state index in [4.69, 9.17) is 47.0 Å². The normalized spacial score (nSPS) is 21.3. The van der Waals surface area contributed by atoms with Gasteiger partial charge >= 0.3 is 0 Å². The number of thiocarbonyl (C=S) groups is 1. The Kier molecular flexibility index (Phi) is 6.55. The largest absolute Gasteiger partial charge is 0.301 e. The van der Waals surface area contributed by atoms with Gasteiger partial charge in [-0.25, -0.2) is 4.99 Å². The molecule has 0 aliphatic carbocycles. The van der Waals surface area contributed by atoms with E-state index in [1.807, 2.05) is 0 Å². The molecule has 0 spiro atoms. The number of hydrogen-bond donors (Lipinski definition) is 2. The number of benzene rings is 2. The first-order chi connectivity index (χ1) is 15.2. The molecule has 4 rings (SSSR count). The number of nitrogens with one attached hydrogen (secondary N) is 2. The van der Waals surface area contributed by atoms with Crippen LogP contribution in [0.5, 0.6) is 0 Å². The van der Waals surface area contributed by atoms with Gasteiger partial charge in [0.1, 0.15) is 5.92 Å². The molecule has 0 radical (unpaired) electrons. The standard InChI is InChI=1S/C20H11Cl3N4O3S2/c21-9-4-6-10(7-5-9)27-18(30)11(16(28)26-20(27)31)8-14-17(29)25-19(32-14)24-13-3-1-2-12(22)15(13)23/h1-8,11H,(H,24,25,29)(H,26,28,31)/b14-8-/t11-/m1/s1. The Morgan fingerprint density at radius 2 is 1.75 bits per heavy atom. The van der Waals surface area contributed by atoms with Gasteiger partial charge in [0.25, 0.3) is 5.91 Å². The molecule has 2 heterocycles. The fourth-order valence-electron chi connectivity index (χ4n) is 2.91. The van der Waals surface area contributed by atoms with Crippen molar-refractivity contribution in [1.82, 2.24) is 10.6 Å². The maximum atomic E-state index is 13.1. The van der Waals surface area contributed by atoms with Gasteiger partial charge in [0, 0.05) is 5.02 Å². The number of rotatable bonds is 3. The van der Waals surface area contributed by atoms with Crippen LogP contribution in [0.3, 0.4) is 0 Å². The van der Waals surface area contributed by atoms with E-state index in [0.717, 1.165) is 11.8 Å². The second-order valence-electron chi connectivity index (χ2n) is 6.50. The summed E-state index contributed by atoms with van der Waals surface area (Å²) in [6, 6.07) is 11.3. The summed E-state index contributed by atoms with van der Waals surface area (Å²) in [4.78, 5) is 43.6. The van der Waals surface area contributed by atoms with E-state index >= 15 is 0 Å². The summed E-state index contributed by atoms with van der Waals surface area (Å²) in [6.07, 6.45) is 1.28. The van der Waals surface area contributed by atoms with Gasteiger partial charge < -0.3 is 10.6 Å². The highest BCUT2D eigenvalue weighted by atomic mass is 35.5. The first kappa shape index (κ1) is 22.8. The number of halogens is 3. The van der Waals surface area contributed by atoms with Gasteiger partial charge in [0.2, 0.25) is 11.8 Å². The van der Waals surface area contributed by atoms with E-state index in [0.29, 0.717) is 21.4 Å². The quantitative estimate of drug-likeness (QED) is 0.351. The average molecular weight is 526 g/mol. The van der Waals surface area contributed by atoms with E-state index < -0.39 is 23.6 Å². The van der Waals surface area contributed by atoms with Crippen molar-refractivity contribution in [2.45, 2.75) is 0 Å². The molecular weight excluding hydrogens is 515 g/mol.